The Morgan fingerprint density at radius 1 is 0.896 bits per heavy atom. The number of aromatic nitrogens is 4. The summed E-state index contributed by atoms with van der Waals surface area (Å²) >= 11 is 1.14. The number of unbranched alkanes of at least 4 members (excludes halogenated alkanes) is 11. The first-order chi connectivity index (χ1) is 31.6. The van der Waals surface area contributed by atoms with E-state index in [4.69, 9.17) is 19.5 Å². The molecule has 7 atom stereocenters. The second-order valence-corrected chi connectivity index (χ2v) is 21.8. The number of phosphoric acid groups is 3. The van der Waals surface area contributed by atoms with Crippen molar-refractivity contribution in [1.82, 2.24) is 30.2 Å². The van der Waals surface area contributed by atoms with Crippen molar-refractivity contribution < 1.29 is 80.5 Å². The highest BCUT2D eigenvalue weighted by atomic mass is 32.2. The first-order valence-electron chi connectivity index (χ1n) is 22.1. The monoisotopic (exact) mass is 1030 g/mol. The highest BCUT2D eigenvalue weighted by Gasteiger charge is 2.50. The third kappa shape index (κ3) is 21.8. The van der Waals surface area contributed by atoms with Crippen molar-refractivity contribution in [2.45, 2.75) is 148 Å². The molecular formula is C39H66N7O17P3S. The minimum absolute atomic E-state index is 0.0321. The number of ether oxygens (including phenoxy) is 1. The van der Waals surface area contributed by atoms with E-state index in [2.05, 4.69) is 53.2 Å². The van der Waals surface area contributed by atoms with Crippen LogP contribution in [0.3, 0.4) is 0 Å². The maximum absolute atomic E-state index is 12.7. The van der Waals surface area contributed by atoms with Gasteiger partial charge in [-0.25, -0.2) is 28.6 Å². The average molecular weight is 1030 g/mol. The van der Waals surface area contributed by atoms with Crippen LogP contribution in [0, 0.1) is 17.3 Å². The third-order valence-corrected chi connectivity index (χ3v) is 14.3. The summed E-state index contributed by atoms with van der Waals surface area (Å²) in [4.78, 5) is 88.3. The molecule has 0 spiro atoms. The number of hydrogen-bond acceptors (Lipinski definition) is 18. The van der Waals surface area contributed by atoms with Gasteiger partial charge in [0.05, 0.1) is 19.5 Å². The van der Waals surface area contributed by atoms with E-state index in [1.807, 2.05) is 0 Å². The highest BCUT2D eigenvalue weighted by Crippen LogP contribution is 2.61. The largest absolute Gasteiger partial charge is 0.481 e. The summed E-state index contributed by atoms with van der Waals surface area (Å²) in [6, 6.07) is 0. The van der Waals surface area contributed by atoms with Gasteiger partial charge in [0.15, 0.2) is 22.8 Å². The molecule has 0 bridgehead atoms. The lowest BCUT2D eigenvalue weighted by Gasteiger charge is -2.30. The minimum Gasteiger partial charge on any atom is -0.386 e. The van der Waals surface area contributed by atoms with Crippen LogP contribution in [-0.2, 0) is 50.7 Å². The second-order valence-electron chi connectivity index (χ2n) is 16.4. The topological polar surface area (TPSA) is 364 Å². The van der Waals surface area contributed by atoms with E-state index >= 15 is 0 Å². The van der Waals surface area contributed by atoms with E-state index in [0.717, 1.165) is 73.9 Å². The van der Waals surface area contributed by atoms with E-state index in [9.17, 15) is 57.9 Å². The molecule has 1 aliphatic heterocycles. The molecule has 1 aliphatic rings. The van der Waals surface area contributed by atoms with Gasteiger partial charge in [0.25, 0.3) is 0 Å². The predicted molar refractivity (Wildman–Crippen MR) is 245 cm³/mol. The number of imidazole rings is 1. The van der Waals surface area contributed by atoms with Crippen molar-refractivity contribution in [3.8, 4) is 11.8 Å². The number of nitrogen functional groups attached to an aromatic ring is 1. The zero-order valence-electron chi connectivity index (χ0n) is 38.0. The molecule has 3 heterocycles. The molecule has 1 saturated heterocycles. The standard InChI is InChI=1S/C39H66N7O17P3S/c1-4-5-6-7-8-9-10-11-12-13-14-15-16-17-18-19-30(48)67-23-22-41-29(47)20-21-42-37(51)34(50)39(2,3)25-60-66(57,58)63-65(55,56)59-24-28-33(62-64(52,53)54)32(49)38(61-28)46-27-45-31-35(40)43-26-44-36(31)46/h26-28,32-34,38,49-50H,4-10,13-25H2,1-3H3,(H,41,47)(H,42,51)(H,55,56)(H,57,58)(H2,40,43,44)(H2,52,53,54)/t28-,32-,33-,34+,38-/m1/s1. The molecule has 2 aromatic heterocycles. The van der Waals surface area contributed by atoms with Crippen molar-refractivity contribution in [1.29, 1.82) is 0 Å². The molecule has 0 aliphatic carbocycles. The smallest absolute Gasteiger partial charge is 0.386 e. The molecule has 380 valence electrons. The Kier molecular flexibility index (Phi) is 25.0. The van der Waals surface area contributed by atoms with Gasteiger partial charge in [-0.15, -0.1) is 11.8 Å². The number of carbonyl (C=O) groups is 3. The molecule has 1 fully saturated rings. The number of amides is 2. The van der Waals surface area contributed by atoms with Crippen LogP contribution >= 0.6 is 35.2 Å². The number of hydrogen-bond donors (Lipinski definition) is 9. The molecule has 0 saturated carbocycles. The number of nitrogens with one attached hydrogen (secondary N) is 2. The molecule has 2 amide bonds. The van der Waals surface area contributed by atoms with Crippen LogP contribution in [0.1, 0.15) is 123 Å². The van der Waals surface area contributed by atoms with E-state index in [-0.39, 0.29) is 41.6 Å². The van der Waals surface area contributed by atoms with Gasteiger partial charge >= 0.3 is 23.5 Å². The number of thioether (sulfide) groups is 1. The lowest BCUT2D eigenvalue weighted by Crippen LogP contribution is -2.46. The summed E-state index contributed by atoms with van der Waals surface area (Å²) in [5.41, 5.74) is 4.28. The van der Waals surface area contributed by atoms with Crippen molar-refractivity contribution in [2.24, 2.45) is 5.41 Å². The number of fused-ring (bicyclic) bond motifs is 1. The van der Waals surface area contributed by atoms with Crippen LogP contribution < -0.4 is 16.4 Å². The summed E-state index contributed by atoms with van der Waals surface area (Å²) < 4.78 is 62.4. The molecule has 0 radical (unpaired) electrons. The number of anilines is 1. The second kappa shape index (κ2) is 28.7. The number of aliphatic hydroxyl groups excluding tert-OH is 2. The van der Waals surface area contributed by atoms with Gasteiger partial charge in [-0.3, -0.25) is 32.5 Å². The highest BCUT2D eigenvalue weighted by molar-refractivity contribution is 8.13. The zero-order valence-corrected chi connectivity index (χ0v) is 41.5. The first kappa shape index (κ1) is 58.4. The van der Waals surface area contributed by atoms with E-state index in [0.29, 0.717) is 12.2 Å². The van der Waals surface area contributed by atoms with Crippen molar-refractivity contribution in [3.05, 3.63) is 12.7 Å². The molecule has 3 rings (SSSR count). The number of rotatable bonds is 32. The number of phosphoric ester groups is 3. The molecule has 28 heteroatoms. The normalized spacial score (nSPS) is 19.8. The Morgan fingerprint density at radius 3 is 2.18 bits per heavy atom. The maximum Gasteiger partial charge on any atom is 0.481 e. The molecule has 2 aromatic rings. The van der Waals surface area contributed by atoms with Gasteiger partial charge in [-0.2, -0.15) is 4.31 Å². The van der Waals surface area contributed by atoms with E-state index in [1.54, 1.807) is 0 Å². The average Bonchev–Trinajstić information content (AvgIpc) is 3.81. The van der Waals surface area contributed by atoms with Gasteiger partial charge in [0.2, 0.25) is 11.8 Å². The van der Waals surface area contributed by atoms with Crippen molar-refractivity contribution in [2.75, 3.05) is 37.8 Å². The number of aliphatic hydroxyl groups is 2. The van der Waals surface area contributed by atoms with E-state index < -0.39 is 84.6 Å². The SMILES string of the molecule is CCCCCCCCC#CCCCCCCCC(=O)SCCNC(=O)CCNC(=O)[C@H](O)C(C)(C)COP(=O)(O)OP(=O)(O)OC[C@H]1O[C@@H](n2cnc3c(N)ncnc32)[C@H](O)[C@@H]1OP(=O)(O)O. The van der Waals surface area contributed by atoms with Crippen LogP contribution in [0.4, 0.5) is 5.82 Å². The molecular weight excluding hydrogens is 963 g/mol. The van der Waals surface area contributed by atoms with Gasteiger partial charge < -0.3 is 50.9 Å². The number of nitrogens with zero attached hydrogens (tertiary/aromatic N) is 4. The summed E-state index contributed by atoms with van der Waals surface area (Å²) in [6.07, 6.45) is 8.05. The Bertz CT molecular complexity index is 2100. The lowest BCUT2D eigenvalue weighted by atomic mass is 9.87. The summed E-state index contributed by atoms with van der Waals surface area (Å²) in [5.74, 6) is 5.48. The van der Waals surface area contributed by atoms with Crippen molar-refractivity contribution >= 4 is 69.1 Å². The summed E-state index contributed by atoms with van der Waals surface area (Å²) in [6.45, 7) is 2.77. The Labute approximate surface area is 394 Å². The minimum atomic E-state index is -5.58. The fourth-order valence-electron chi connectivity index (χ4n) is 6.55. The predicted octanol–water partition coefficient (Wildman–Crippen LogP) is 4.15. The van der Waals surface area contributed by atoms with Crippen LogP contribution in [-0.4, -0.2) is 123 Å². The fourth-order valence-corrected chi connectivity index (χ4v) is 10.1. The summed E-state index contributed by atoms with van der Waals surface area (Å²) in [5, 5.41) is 26.6. The Morgan fingerprint density at radius 2 is 1.52 bits per heavy atom. The zero-order chi connectivity index (χ0) is 49.7. The van der Waals surface area contributed by atoms with Gasteiger partial charge in [-0.05, 0) is 19.3 Å². The van der Waals surface area contributed by atoms with Crippen LogP contribution in [0.15, 0.2) is 12.7 Å². The Hall–Kier alpha value is -2.88. The molecule has 2 unspecified atom stereocenters. The van der Waals surface area contributed by atoms with Gasteiger partial charge in [0, 0.05) is 49.9 Å². The number of carbonyl (C=O) groups excluding carboxylic acids is 3. The van der Waals surface area contributed by atoms with Crippen LogP contribution in [0.25, 0.3) is 11.2 Å². The lowest BCUT2D eigenvalue weighted by molar-refractivity contribution is -0.137. The van der Waals surface area contributed by atoms with Gasteiger partial charge in [-0.1, -0.05) is 83.9 Å². The fraction of sp³-hybridized carbons (Fsp3) is 0.744. The van der Waals surface area contributed by atoms with Crippen LogP contribution in [0.5, 0.6) is 0 Å². The molecule has 0 aromatic carbocycles. The molecule has 24 nitrogen and oxygen atoms in total. The molecule has 67 heavy (non-hydrogen) atoms. The van der Waals surface area contributed by atoms with Gasteiger partial charge in [0.1, 0.15) is 36.3 Å². The third-order valence-electron chi connectivity index (χ3n) is 10.2. The van der Waals surface area contributed by atoms with E-state index in [1.165, 1.54) is 52.4 Å². The first-order valence-corrected chi connectivity index (χ1v) is 27.6. The van der Waals surface area contributed by atoms with Crippen LogP contribution in [0.2, 0.25) is 0 Å². The van der Waals surface area contributed by atoms with Crippen molar-refractivity contribution in [3.63, 3.8) is 0 Å². The maximum atomic E-state index is 12.7. The molecule has 10 N–H and O–H groups in total. The Balaban J connectivity index is 1.31. The quantitative estimate of drug-likeness (QED) is 0.0282. The number of nitrogens with two attached hydrogens (primary N) is 1. The summed E-state index contributed by atoms with van der Waals surface area (Å²) in [7, 11) is -16.4.